The summed E-state index contributed by atoms with van der Waals surface area (Å²) >= 11 is 12.8. The molecule has 0 radical (unpaired) electrons. The van der Waals surface area contributed by atoms with Gasteiger partial charge in [-0.05, 0) is 116 Å². The van der Waals surface area contributed by atoms with E-state index >= 15 is 0 Å². The van der Waals surface area contributed by atoms with Gasteiger partial charge in [-0.15, -0.1) is 0 Å². The number of hydrogen-bond donors (Lipinski definition) is 4. The first-order chi connectivity index (χ1) is 44.0. The molecule has 0 spiro atoms. The van der Waals surface area contributed by atoms with E-state index in [0.29, 0.717) is 81.7 Å². The molecular weight excluding hydrogens is 1430 g/mol. The largest absolute Gasteiger partial charge is 0.508 e. The number of methoxy groups -OCH3 is 2. The fraction of sp³-hybridized carbons (Fsp3) is 0.103. The number of aldehydes is 3. The van der Waals surface area contributed by atoms with Crippen LogP contribution >= 0.6 is 63.7 Å². The van der Waals surface area contributed by atoms with Crippen molar-refractivity contribution in [2.45, 2.75) is 12.9 Å². The van der Waals surface area contributed by atoms with Gasteiger partial charge in [-0.1, -0.05) is 165 Å². The highest BCUT2D eigenvalue weighted by Gasteiger charge is 2.26. The van der Waals surface area contributed by atoms with Crippen molar-refractivity contribution in [1.82, 2.24) is 0 Å². The zero-order chi connectivity index (χ0) is 67.3. The maximum absolute atomic E-state index is 12.1. The molecule has 0 atom stereocenters. The summed E-state index contributed by atoms with van der Waals surface area (Å²) < 4.78 is 49.8. The molecule has 0 aliphatic carbocycles. The average Bonchev–Trinajstić information content (AvgIpc) is 3.94. The summed E-state index contributed by atoms with van der Waals surface area (Å²) in [6, 6.07) is 57.8. The summed E-state index contributed by atoms with van der Waals surface area (Å²) in [5, 5.41) is 36.3. The Morgan fingerprint density at radius 3 is 1.25 bits per heavy atom. The Bertz CT molecular complexity index is 3650. The molecule has 16 nitrogen and oxygen atoms in total. The SMILES string of the molecule is CF.O=Cc1cccc(O)c1Br.O=Cc1ccccc1Br.O=Cc1ccccc1Br.OB1OCc2ccccc21.Oc1cccc(C2OCCO2)c1Br.[C-]#[N+]c1ccc(F)cc1.[C-]#[N+]c1ccc(O)cc1.[C-]#[N+]c1ccc(OC)cc1.[C-]#[N+]c1ccc(OC)cc1. The minimum atomic E-state index is -0.698. The van der Waals surface area contributed by atoms with Gasteiger partial charge in [0.2, 0.25) is 0 Å². The van der Waals surface area contributed by atoms with E-state index in [1.165, 1.54) is 42.5 Å². The standard InChI is InChI=1S/C9H9BrO3.2C8H7NO.C7H7BO2.C7H5BrO2.2C7H5BrO.C7H4FN.C7H5NO.CH3F/c10-8-6(2-1-3-7(8)11)9-12-4-5-13-9;2*1-9-7-3-5-8(10-2)6-4-7;9-8-7-4-2-1-3-6(7)5-10-8;8-7-5(4-9)2-1-3-6(7)10;2*8-7-4-2-1-3-6(7)5-9;1-9-7-4-2-6(8)3-5-7;1-8-6-2-4-7(9)5-3-6;1-2/h1-3,9,11H,4-5H2;2*3-6H,2H3;1-4,9H,5H2;1-4,10H;2*1-5H;2-5H;2-5,9H;1H3. The molecule has 1 fully saturated rings. The number of carbonyl (C=O) groups excluding carboxylic acids is 3. The van der Waals surface area contributed by atoms with Gasteiger partial charge >= 0.3 is 7.12 Å². The monoisotopic (exact) mass is 1490 g/mol. The van der Waals surface area contributed by atoms with Crippen molar-refractivity contribution >= 4 is 118 Å². The lowest BCUT2D eigenvalue weighted by atomic mass is 9.80. The van der Waals surface area contributed by atoms with Gasteiger partial charge < -0.3 is 43.9 Å². The van der Waals surface area contributed by atoms with Gasteiger partial charge in [0.1, 0.15) is 34.6 Å². The molecule has 2 aliphatic heterocycles. The molecule has 0 saturated carbocycles. The summed E-state index contributed by atoms with van der Waals surface area (Å²) in [5.74, 6) is 1.76. The van der Waals surface area contributed by atoms with Crippen LogP contribution in [0.1, 0.15) is 48.5 Å². The fourth-order valence-electron chi connectivity index (χ4n) is 6.55. The van der Waals surface area contributed by atoms with E-state index in [2.05, 4.69) is 83.1 Å². The maximum Gasteiger partial charge on any atom is 0.491 e. The first-order valence-electron chi connectivity index (χ1n) is 26.1. The molecular formula is C68H57BBr4F2N4O12. The van der Waals surface area contributed by atoms with Crippen LogP contribution in [0.15, 0.2) is 224 Å². The molecule has 91 heavy (non-hydrogen) atoms. The van der Waals surface area contributed by atoms with Crippen molar-refractivity contribution in [3.05, 3.63) is 303 Å². The van der Waals surface area contributed by atoms with Gasteiger partial charge in [-0.2, -0.15) is 0 Å². The summed E-state index contributed by atoms with van der Waals surface area (Å²) in [4.78, 5) is 43.4. The van der Waals surface area contributed by atoms with Crippen molar-refractivity contribution in [2.24, 2.45) is 0 Å². The van der Waals surface area contributed by atoms with Gasteiger partial charge in [-0.3, -0.25) is 18.8 Å². The average molecular weight is 1490 g/mol. The van der Waals surface area contributed by atoms with Crippen LogP contribution in [0, 0.1) is 32.1 Å². The van der Waals surface area contributed by atoms with E-state index < -0.39 is 7.12 Å². The predicted molar refractivity (Wildman–Crippen MR) is 362 cm³/mol. The molecule has 9 aromatic rings. The first kappa shape index (κ1) is 77.7. The van der Waals surface area contributed by atoms with E-state index in [9.17, 15) is 28.3 Å². The lowest BCUT2D eigenvalue weighted by molar-refractivity contribution is -0.0447. The number of ether oxygens (including phenoxy) is 4. The molecule has 0 unspecified atom stereocenters. The highest BCUT2D eigenvalue weighted by atomic mass is 79.9. The lowest BCUT2D eigenvalue weighted by Crippen LogP contribution is -2.27. The molecule has 1 saturated heterocycles. The van der Waals surface area contributed by atoms with E-state index in [1.54, 1.807) is 111 Å². The Morgan fingerprint density at radius 1 is 0.495 bits per heavy atom. The van der Waals surface area contributed by atoms with Gasteiger partial charge in [0.05, 0.1) is 76.5 Å². The molecule has 2 aliphatic rings. The number of phenols is 3. The predicted octanol–water partition coefficient (Wildman–Crippen LogP) is 18.0. The van der Waals surface area contributed by atoms with Crippen molar-refractivity contribution in [2.75, 3.05) is 34.6 Å². The molecule has 0 amide bonds. The summed E-state index contributed by atoms with van der Waals surface area (Å²) in [7, 11) is 3.01. The quantitative estimate of drug-likeness (QED) is 0.0700. The number of carbonyl (C=O) groups is 3. The Balaban J connectivity index is 0.000000348. The van der Waals surface area contributed by atoms with Crippen LogP contribution in [0.3, 0.4) is 0 Å². The van der Waals surface area contributed by atoms with Crippen LogP contribution in [0.5, 0.6) is 28.7 Å². The van der Waals surface area contributed by atoms with E-state index in [4.69, 9.17) is 65.1 Å². The second-order valence-electron chi connectivity index (χ2n) is 17.0. The van der Waals surface area contributed by atoms with Crippen LogP contribution in [0.25, 0.3) is 19.4 Å². The van der Waals surface area contributed by atoms with Crippen LogP contribution in [-0.2, 0) is 20.7 Å². The second kappa shape index (κ2) is 45.8. The number of phenolic OH excluding ortho intramolecular Hbond substituents is 3. The maximum atomic E-state index is 12.1. The Labute approximate surface area is 560 Å². The van der Waals surface area contributed by atoms with Crippen molar-refractivity contribution in [3.63, 3.8) is 0 Å². The third-order valence-corrected chi connectivity index (χ3v) is 14.3. The Kier molecular flexibility index (Phi) is 39.1. The number of rotatable bonds is 6. The number of aromatic hydroxyl groups is 3. The first-order valence-corrected chi connectivity index (χ1v) is 29.3. The Morgan fingerprint density at radius 2 is 0.868 bits per heavy atom. The van der Waals surface area contributed by atoms with Crippen LogP contribution < -0.4 is 14.9 Å². The number of hydrogen-bond acceptors (Lipinski definition) is 12. The van der Waals surface area contributed by atoms with Crippen molar-refractivity contribution in [1.29, 1.82) is 0 Å². The minimum Gasteiger partial charge on any atom is -0.508 e. The highest BCUT2D eigenvalue weighted by molar-refractivity contribution is 9.11. The topological polar surface area (TPSA) is 196 Å². The van der Waals surface area contributed by atoms with E-state index in [1.807, 2.05) is 66.7 Å². The zero-order valence-corrected chi connectivity index (χ0v) is 55.1. The normalized spacial score (nSPS) is 10.6. The molecule has 2 heterocycles. The number of halogens is 6. The second-order valence-corrected chi connectivity index (χ2v) is 20.3. The lowest BCUT2D eigenvalue weighted by Gasteiger charge is -2.11. The third-order valence-electron chi connectivity index (χ3n) is 11.1. The number of fused-ring (bicyclic) bond motifs is 1. The fourth-order valence-corrected chi connectivity index (χ4v) is 8.11. The van der Waals surface area contributed by atoms with Crippen LogP contribution in [0.2, 0.25) is 0 Å². The smallest absolute Gasteiger partial charge is 0.491 e. The van der Waals surface area contributed by atoms with E-state index in [-0.39, 0.29) is 29.4 Å². The summed E-state index contributed by atoms with van der Waals surface area (Å²) in [6.45, 7) is 28.1. The van der Waals surface area contributed by atoms with Gasteiger partial charge in [0.15, 0.2) is 47.9 Å². The van der Waals surface area contributed by atoms with Crippen LogP contribution in [-0.4, -0.2) is 80.9 Å². The van der Waals surface area contributed by atoms with Gasteiger partial charge in [0.25, 0.3) is 0 Å². The number of nitrogens with zero attached hydrogens (tertiary/aromatic N) is 4. The summed E-state index contributed by atoms with van der Waals surface area (Å²) in [6.07, 6.45) is 1.99. The van der Waals surface area contributed by atoms with Gasteiger partial charge in [0, 0.05) is 31.2 Å². The highest BCUT2D eigenvalue weighted by Crippen LogP contribution is 2.35. The minimum absolute atomic E-state index is 0.0876. The molecule has 466 valence electrons. The molecule has 0 aromatic heterocycles. The van der Waals surface area contributed by atoms with E-state index in [0.717, 1.165) is 49.6 Å². The molecule has 0 bridgehead atoms. The molecule has 4 N–H and O–H groups in total. The number of benzene rings is 9. The Hall–Kier alpha value is -9.37. The molecule has 11 rings (SSSR count). The van der Waals surface area contributed by atoms with Crippen LogP contribution in [0.4, 0.5) is 31.5 Å². The zero-order valence-electron chi connectivity index (χ0n) is 48.7. The van der Waals surface area contributed by atoms with Crippen molar-refractivity contribution in [3.8, 4) is 28.7 Å². The van der Waals surface area contributed by atoms with Gasteiger partial charge in [-0.25, -0.2) is 23.8 Å². The third kappa shape index (κ3) is 29.7. The van der Waals surface area contributed by atoms with Crippen molar-refractivity contribution < 1.29 is 67.1 Å². The molecule has 23 heteroatoms. The summed E-state index contributed by atoms with van der Waals surface area (Å²) in [5.41, 5.74) is 6.97. The molecule has 9 aromatic carbocycles. The number of alkyl halides is 1.